The summed E-state index contributed by atoms with van der Waals surface area (Å²) in [6.07, 6.45) is 1.58. The standard InChI is InChI=1S/C18H21NO/c20-18(13-16-9-5-2-6-10-16)17-14-19(17)12-11-15-7-3-1-4-8-15/h1-10,17-18,20H,11-14H2/t17-,18+,19?/m0/s1. The Kier molecular flexibility index (Phi) is 4.14. The van der Waals surface area contributed by atoms with Gasteiger partial charge in [-0.2, -0.15) is 0 Å². The summed E-state index contributed by atoms with van der Waals surface area (Å²) in [5, 5.41) is 10.3. The number of nitrogens with zero attached hydrogens (tertiary/aromatic N) is 1. The van der Waals surface area contributed by atoms with Crippen molar-refractivity contribution in [3.05, 3.63) is 71.8 Å². The Morgan fingerprint density at radius 2 is 1.55 bits per heavy atom. The molecule has 2 nitrogen and oxygen atoms in total. The molecule has 1 fully saturated rings. The van der Waals surface area contributed by atoms with Gasteiger partial charge in [0.05, 0.1) is 6.10 Å². The fraction of sp³-hybridized carbons (Fsp3) is 0.333. The van der Waals surface area contributed by atoms with Gasteiger partial charge in [-0.15, -0.1) is 0 Å². The van der Waals surface area contributed by atoms with Gasteiger partial charge in [-0.25, -0.2) is 0 Å². The molecule has 2 heteroatoms. The van der Waals surface area contributed by atoms with Crippen molar-refractivity contribution in [3.8, 4) is 0 Å². The normalized spacial score (nSPS) is 22.4. The van der Waals surface area contributed by atoms with Crippen LogP contribution >= 0.6 is 0 Å². The molecule has 1 saturated heterocycles. The first-order chi connectivity index (χ1) is 9.83. The van der Waals surface area contributed by atoms with E-state index in [2.05, 4.69) is 41.3 Å². The summed E-state index contributed by atoms with van der Waals surface area (Å²) in [5.74, 6) is 0. The Bertz CT molecular complexity index is 526. The Morgan fingerprint density at radius 3 is 2.20 bits per heavy atom. The van der Waals surface area contributed by atoms with Crippen molar-refractivity contribution in [2.45, 2.75) is 25.0 Å². The van der Waals surface area contributed by atoms with Gasteiger partial charge in [-0.3, -0.25) is 4.90 Å². The minimum absolute atomic E-state index is 0.242. The van der Waals surface area contributed by atoms with Crippen molar-refractivity contribution >= 4 is 0 Å². The molecule has 1 heterocycles. The predicted octanol–water partition coefficient (Wildman–Crippen LogP) is 2.52. The van der Waals surface area contributed by atoms with Gasteiger partial charge in [0, 0.05) is 19.1 Å². The smallest absolute Gasteiger partial charge is 0.0748 e. The van der Waals surface area contributed by atoms with Crippen LogP contribution in [0.25, 0.3) is 0 Å². The Morgan fingerprint density at radius 1 is 0.950 bits per heavy atom. The van der Waals surface area contributed by atoms with Crippen LogP contribution in [-0.2, 0) is 12.8 Å². The molecule has 1 N–H and O–H groups in total. The Balaban J connectivity index is 1.44. The summed E-state index contributed by atoms with van der Waals surface area (Å²) in [7, 11) is 0. The third-order valence-corrected chi connectivity index (χ3v) is 4.02. The Labute approximate surface area is 120 Å². The van der Waals surface area contributed by atoms with Gasteiger partial charge in [0.1, 0.15) is 0 Å². The molecular formula is C18H21NO. The van der Waals surface area contributed by atoms with Gasteiger partial charge in [0.15, 0.2) is 0 Å². The molecule has 0 amide bonds. The third-order valence-electron chi connectivity index (χ3n) is 4.02. The van der Waals surface area contributed by atoms with E-state index in [1.807, 2.05) is 24.3 Å². The molecule has 0 saturated carbocycles. The van der Waals surface area contributed by atoms with Crippen molar-refractivity contribution in [2.75, 3.05) is 13.1 Å². The van der Waals surface area contributed by atoms with Crippen LogP contribution in [-0.4, -0.2) is 35.2 Å². The van der Waals surface area contributed by atoms with Crippen molar-refractivity contribution < 1.29 is 5.11 Å². The number of rotatable bonds is 6. The summed E-state index contributed by atoms with van der Waals surface area (Å²) in [5.41, 5.74) is 2.59. The largest absolute Gasteiger partial charge is 0.391 e. The van der Waals surface area contributed by atoms with E-state index in [1.165, 1.54) is 11.1 Å². The van der Waals surface area contributed by atoms with Gasteiger partial charge in [0.2, 0.25) is 0 Å². The predicted molar refractivity (Wildman–Crippen MR) is 81.7 cm³/mol. The first-order valence-electron chi connectivity index (χ1n) is 7.33. The van der Waals surface area contributed by atoms with E-state index in [0.717, 1.165) is 25.9 Å². The molecule has 1 aliphatic rings. The van der Waals surface area contributed by atoms with Crippen molar-refractivity contribution in [3.63, 3.8) is 0 Å². The second kappa shape index (κ2) is 6.21. The molecule has 3 rings (SSSR count). The molecule has 0 bridgehead atoms. The molecule has 0 aliphatic carbocycles. The van der Waals surface area contributed by atoms with E-state index < -0.39 is 0 Å². The van der Waals surface area contributed by atoms with Crippen LogP contribution in [0.3, 0.4) is 0 Å². The van der Waals surface area contributed by atoms with Crippen LogP contribution in [0.15, 0.2) is 60.7 Å². The molecular weight excluding hydrogens is 246 g/mol. The number of hydrogen-bond acceptors (Lipinski definition) is 2. The third kappa shape index (κ3) is 3.47. The molecule has 104 valence electrons. The van der Waals surface area contributed by atoms with Crippen LogP contribution in [0.4, 0.5) is 0 Å². The number of aliphatic hydroxyl groups excluding tert-OH is 1. The lowest BCUT2D eigenvalue weighted by Gasteiger charge is -2.11. The Hall–Kier alpha value is -1.64. The summed E-state index contributed by atoms with van der Waals surface area (Å²) >= 11 is 0. The fourth-order valence-corrected chi connectivity index (χ4v) is 2.72. The summed E-state index contributed by atoms with van der Waals surface area (Å²) < 4.78 is 0. The molecule has 0 spiro atoms. The molecule has 2 aromatic carbocycles. The maximum atomic E-state index is 10.3. The van der Waals surface area contributed by atoms with Gasteiger partial charge in [0.25, 0.3) is 0 Å². The van der Waals surface area contributed by atoms with Crippen LogP contribution in [0, 0.1) is 0 Å². The average molecular weight is 267 g/mol. The van der Waals surface area contributed by atoms with Crippen molar-refractivity contribution in [2.24, 2.45) is 0 Å². The van der Waals surface area contributed by atoms with Crippen LogP contribution < -0.4 is 0 Å². The summed E-state index contributed by atoms with van der Waals surface area (Å²) in [6, 6.07) is 21.1. The van der Waals surface area contributed by atoms with E-state index in [9.17, 15) is 5.11 Å². The van der Waals surface area contributed by atoms with Gasteiger partial charge >= 0.3 is 0 Å². The maximum Gasteiger partial charge on any atom is 0.0748 e. The molecule has 2 aromatic rings. The zero-order valence-corrected chi connectivity index (χ0v) is 11.7. The fourth-order valence-electron chi connectivity index (χ4n) is 2.72. The van der Waals surface area contributed by atoms with E-state index in [1.54, 1.807) is 0 Å². The summed E-state index contributed by atoms with van der Waals surface area (Å²) in [6.45, 7) is 2.07. The van der Waals surface area contributed by atoms with Crippen LogP contribution in [0.5, 0.6) is 0 Å². The second-order valence-corrected chi connectivity index (χ2v) is 5.55. The lowest BCUT2D eigenvalue weighted by atomic mass is 10.1. The van der Waals surface area contributed by atoms with E-state index in [-0.39, 0.29) is 6.10 Å². The molecule has 0 radical (unpaired) electrons. The van der Waals surface area contributed by atoms with Crippen molar-refractivity contribution in [1.82, 2.24) is 4.90 Å². The average Bonchev–Trinajstić information content (AvgIpc) is 3.27. The monoisotopic (exact) mass is 267 g/mol. The minimum Gasteiger partial charge on any atom is -0.391 e. The first-order valence-corrected chi connectivity index (χ1v) is 7.33. The first kappa shape index (κ1) is 13.3. The van der Waals surface area contributed by atoms with Gasteiger partial charge in [-0.05, 0) is 24.0 Å². The second-order valence-electron chi connectivity index (χ2n) is 5.55. The molecule has 1 aliphatic heterocycles. The van der Waals surface area contributed by atoms with Crippen LogP contribution in [0.1, 0.15) is 11.1 Å². The molecule has 0 aromatic heterocycles. The molecule has 1 unspecified atom stereocenters. The lowest BCUT2D eigenvalue weighted by molar-refractivity contribution is 0.156. The number of aliphatic hydroxyl groups is 1. The van der Waals surface area contributed by atoms with Crippen LogP contribution in [0.2, 0.25) is 0 Å². The van der Waals surface area contributed by atoms with Gasteiger partial charge in [-0.1, -0.05) is 60.7 Å². The highest BCUT2D eigenvalue weighted by atomic mass is 16.3. The zero-order valence-electron chi connectivity index (χ0n) is 11.7. The topological polar surface area (TPSA) is 23.2 Å². The van der Waals surface area contributed by atoms with E-state index in [4.69, 9.17) is 0 Å². The number of hydrogen-bond donors (Lipinski definition) is 1. The van der Waals surface area contributed by atoms with Crippen molar-refractivity contribution in [1.29, 1.82) is 0 Å². The highest BCUT2D eigenvalue weighted by Crippen LogP contribution is 2.23. The molecule has 3 atom stereocenters. The lowest BCUT2D eigenvalue weighted by Crippen LogP contribution is -2.22. The zero-order chi connectivity index (χ0) is 13.8. The number of benzene rings is 2. The summed E-state index contributed by atoms with van der Waals surface area (Å²) in [4.78, 5) is 2.36. The SMILES string of the molecule is O[C@H](Cc1ccccc1)[C@@H]1CN1CCc1ccccc1. The molecule has 20 heavy (non-hydrogen) atoms. The highest BCUT2D eigenvalue weighted by molar-refractivity contribution is 5.18. The minimum atomic E-state index is -0.242. The highest BCUT2D eigenvalue weighted by Gasteiger charge is 2.38. The van der Waals surface area contributed by atoms with E-state index >= 15 is 0 Å². The quantitative estimate of drug-likeness (QED) is 0.813. The van der Waals surface area contributed by atoms with Gasteiger partial charge < -0.3 is 5.11 Å². The van der Waals surface area contributed by atoms with E-state index in [0.29, 0.717) is 6.04 Å². The maximum absolute atomic E-state index is 10.3.